The summed E-state index contributed by atoms with van der Waals surface area (Å²) in [5.41, 5.74) is 3.01. The summed E-state index contributed by atoms with van der Waals surface area (Å²) < 4.78 is 10.3. The third-order valence-electron chi connectivity index (χ3n) is 10.2. The van der Waals surface area contributed by atoms with E-state index in [9.17, 15) is 10.2 Å². The molecule has 0 saturated carbocycles. The summed E-state index contributed by atoms with van der Waals surface area (Å²) in [6.45, 7) is 0. The van der Waals surface area contributed by atoms with Crippen molar-refractivity contribution in [3.05, 3.63) is 157 Å². The van der Waals surface area contributed by atoms with E-state index in [0.717, 1.165) is 22.1 Å². The Morgan fingerprint density at radius 1 is 0.389 bits per heavy atom. The van der Waals surface area contributed by atoms with Crippen LogP contribution >= 0.6 is 0 Å². The van der Waals surface area contributed by atoms with Crippen LogP contribution < -0.4 is 9.47 Å². The minimum Gasteiger partial charge on any atom is -0.504 e. The summed E-state index contributed by atoms with van der Waals surface area (Å²) in [5.74, 6) is 1.08. The zero-order chi connectivity index (χ0) is 36.8. The second kappa shape index (κ2) is 13.4. The maximum atomic E-state index is 10.3. The molecular formula is C48H34N2O4. The van der Waals surface area contributed by atoms with E-state index in [2.05, 4.69) is 107 Å². The van der Waals surface area contributed by atoms with Gasteiger partial charge in [-0.05, 0) is 90.3 Å². The van der Waals surface area contributed by atoms with E-state index in [1.54, 1.807) is 24.6 Å². The Hall–Kier alpha value is -7.18. The molecule has 0 atom stereocenters. The number of hydrogen-bond acceptors (Lipinski definition) is 6. The number of rotatable bonds is 6. The second-order valence-corrected chi connectivity index (χ2v) is 13.2. The van der Waals surface area contributed by atoms with Gasteiger partial charge in [0.15, 0.2) is 23.0 Å². The smallest absolute Gasteiger partial charge is 0.166 e. The van der Waals surface area contributed by atoms with Crippen molar-refractivity contribution in [2.75, 3.05) is 14.2 Å². The highest BCUT2D eigenvalue weighted by Gasteiger charge is 2.13. The van der Waals surface area contributed by atoms with Crippen molar-refractivity contribution in [2.24, 2.45) is 9.98 Å². The van der Waals surface area contributed by atoms with Crippen LogP contribution in [0, 0.1) is 0 Å². The maximum Gasteiger partial charge on any atom is 0.166 e. The number of methoxy groups -OCH3 is 2. The van der Waals surface area contributed by atoms with Gasteiger partial charge >= 0.3 is 0 Å². The minimum absolute atomic E-state index is 0.0986. The van der Waals surface area contributed by atoms with Gasteiger partial charge in [0.05, 0.1) is 25.6 Å². The molecule has 0 aliphatic heterocycles. The highest BCUT2D eigenvalue weighted by Crippen LogP contribution is 2.40. The van der Waals surface area contributed by atoms with Gasteiger partial charge in [-0.15, -0.1) is 0 Å². The molecule has 0 saturated heterocycles. The molecule has 0 spiro atoms. The molecule has 10 rings (SSSR count). The van der Waals surface area contributed by atoms with Crippen LogP contribution in [0.5, 0.6) is 23.0 Å². The fourth-order valence-corrected chi connectivity index (χ4v) is 7.56. The van der Waals surface area contributed by atoms with Crippen molar-refractivity contribution >= 4 is 88.4 Å². The number of phenols is 2. The quantitative estimate of drug-likeness (QED) is 0.133. The molecule has 54 heavy (non-hydrogen) atoms. The molecular weight excluding hydrogens is 669 g/mol. The molecule has 10 aromatic rings. The lowest BCUT2D eigenvalue weighted by molar-refractivity contribution is 0.373. The topological polar surface area (TPSA) is 83.6 Å². The van der Waals surface area contributed by atoms with Crippen molar-refractivity contribution in [3.63, 3.8) is 0 Å². The monoisotopic (exact) mass is 702 g/mol. The van der Waals surface area contributed by atoms with E-state index in [1.165, 1.54) is 68.1 Å². The number of hydrogen-bond donors (Lipinski definition) is 2. The van der Waals surface area contributed by atoms with E-state index in [-0.39, 0.29) is 11.5 Å². The van der Waals surface area contributed by atoms with E-state index in [0.29, 0.717) is 22.6 Å². The normalized spacial score (nSPS) is 11.9. The molecule has 0 heterocycles. The van der Waals surface area contributed by atoms with Crippen LogP contribution in [0.25, 0.3) is 64.6 Å². The molecule has 0 aromatic heterocycles. The molecule has 0 amide bonds. The van der Waals surface area contributed by atoms with Crippen LogP contribution in [-0.4, -0.2) is 36.9 Å². The zero-order valence-corrected chi connectivity index (χ0v) is 29.6. The third kappa shape index (κ3) is 5.52. The summed E-state index contributed by atoms with van der Waals surface area (Å²) in [4.78, 5) is 9.36. The summed E-state index contributed by atoms with van der Waals surface area (Å²) in [5, 5.41) is 35.1. The average Bonchev–Trinajstić information content (AvgIpc) is 3.22. The maximum absolute atomic E-state index is 10.3. The van der Waals surface area contributed by atoms with Crippen LogP contribution in [0.2, 0.25) is 0 Å². The molecule has 10 aromatic carbocycles. The number of aromatic hydroxyl groups is 2. The highest BCUT2D eigenvalue weighted by atomic mass is 16.5. The van der Waals surface area contributed by atoms with Gasteiger partial charge in [-0.1, -0.05) is 109 Å². The van der Waals surface area contributed by atoms with Crippen LogP contribution in [-0.2, 0) is 0 Å². The standard InChI is InChI=1S/2C24H17NO2/c2*1-27-21-7-3-6-18(24(21)26)14-25-20-13-11-17-9-8-15-4-2-5-16-10-12-19(20)23(17)22(15)16/h2*2-14,26H,1H3. The first-order valence-corrected chi connectivity index (χ1v) is 17.7. The van der Waals surface area contributed by atoms with Gasteiger partial charge < -0.3 is 19.7 Å². The Labute approximate surface area is 311 Å². The first-order chi connectivity index (χ1) is 26.5. The van der Waals surface area contributed by atoms with Crippen LogP contribution in [0.3, 0.4) is 0 Å². The van der Waals surface area contributed by atoms with Crippen LogP contribution in [0.4, 0.5) is 11.4 Å². The molecule has 0 radical (unpaired) electrons. The average molecular weight is 703 g/mol. The molecule has 2 N–H and O–H groups in total. The lowest BCUT2D eigenvalue weighted by Crippen LogP contribution is -1.88. The fourth-order valence-electron chi connectivity index (χ4n) is 7.56. The summed E-state index contributed by atoms with van der Waals surface area (Å²) in [7, 11) is 3.08. The molecule has 6 nitrogen and oxygen atoms in total. The largest absolute Gasteiger partial charge is 0.504 e. The molecule has 6 heteroatoms. The Bertz CT molecular complexity index is 2820. The van der Waals surface area contributed by atoms with Gasteiger partial charge in [0.1, 0.15) is 0 Å². The number of ether oxygens (including phenoxy) is 2. The van der Waals surface area contributed by atoms with Gasteiger partial charge in [-0.3, -0.25) is 9.98 Å². The number of nitrogens with zero attached hydrogens (tertiary/aromatic N) is 2. The van der Waals surface area contributed by atoms with E-state index in [1.807, 2.05) is 36.4 Å². The van der Waals surface area contributed by atoms with Crippen molar-refractivity contribution in [1.29, 1.82) is 0 Å². The molecule has 0 aliphatic carbocycles. The molecule has 0 bridgehead atoms. The van der Waals surface area contributed by atoms with E-state index >= 15 is 0 Å². The molecule has 260 valence electrons. The molecule has 0 unspecified atom stereocenters. The predicted octanol–water partition coefficient (Wildman–Crippen LogP) is 12.1. The van der Waals surface area contributed by atoms with E-state index in [4.69, 9.17) is 9.47 Å². The Kier molecular flexibility index (Phi) is 8.13. The van der Waals surface area contributed by atoms with Crippen molar-refractivity contribution in [1.82, 2.24) is 0 Å². The van der Waals surface area contributed by atoms with E-state index < -0.39 is 0 Å². The lowest BCUT2D eigenvalue weighted by Gasteiger charge is -2.12. The van der Waals surface area contributed by atoms with Gasteiger partial charge in [-0.2, -0.15) is 0 Å². The number of aliphatic imine (C=N–C) groups is 2. The number of para-hydroxylation sites is 2. The first kappa shape index (κ1) is 32.7. The zero-order valence-electron chi connectivity index (χ0n) is 29.6. The van der Waals surface area contributed by atoms with Gasteiger partial charge in [0.25, 0.3) is 0 Å². The second-order valence-electron chi connectivity index (χ2n) is 13.2. The predicted molar refractivity (Wildman–Crippen MR) is 224 cm³/mol. The Morgan fingerprint density at radius 2 is 0.722 bits per heavy atom. The first-order valence-electron chi connectivity index (χ1n) is 17.7. The van der Waals surface area contributed by atoms with Gasteiger partial charge in [-0.25, -0.2) is 0 Å². The Morgan fingerprint density at radius 3 is 1.11 bits per heavy atom. The third-order valence-corrected chi connectivity index (χ3v) is 10.2. The molecule has 0 fully saturated rings. The van der Waals surface area contributed by atoms with Crippen molar-refractivity contribution in [2.45, 2.75) is 0 Å². The summed E-state index contributed by atoms with van der Waals surface area (Å²) in [6, 6.07) is 49.0. The SMILES string of the molecule is COc1cccc(C=Nc2ccc3ccc4cccc5ccc2c3c45)c1O.COc1cccc(C=Nc2ccc3ccc4cccc5ccc2c3c45)c1O. The van der Waals surface area contributed by atoms with Gasteiger partial charge in [0, 0.05) is 34.3 Å². The fraction of sp³-hybridized carbons (Fsp3) is 0.0417. The minimum atomic E-state index is 0.0986. The van der Waals surface area contributed by atoms with Crippen LogP contribution in [0.1, 0.15) is 11.1 Å². The molecule has 0 aliphatic rings. The van der Waals surface area contributed by atoms with Crippen molar-refractivity contribution < 1.29 is 19.7 Å². The highest BCUT2D eigenvalue weighted by molar-refractivity contribution is 6.26. The Balaban J connectivity index is 0.000000142. The summed E-state index contributed by atoms with van der Waals surface area (Å²) in [6.07, 6.45) is 3.37. The van der Waals surface area contributed by atoms with Crippen LogP contribution in [0.15, 0.2) is 156 Å². The number of benzene rings is 10. The van der Waals surface area contributed by atoms with Gasteiger partial charge in [0.2, 0.25) is 0 Å². The summed E-state index contributed by atoms with van der Waals surface area (Å²) >= 11 is 0. The lowest BCUT2D eigenvalue weighted by atomic mass is 9.93. The van der Waals surface area contributed by atoms with Crippen molar-refractivity contribution in [3.8, 4) is 23.0 Å². The number of phenolic OH excluding ortho intramolecular Hbond substituents is 2.